The van der Waals surface area contributed by atoms with Gasteiger partial charge in [0.05, 0.1) is 5.41 Å². The van der Waals surface area contributed by atoms with Crippen LogP contribution in [-0.2, 0) is 5.41 Å². The Morgan fingerprint density at radius 1 is 0.789 bits per heavy atom. The summed E-state index contributed by atoms with van der Waals surface area (Å²) in [5.41, 5.74) is 2.31. The Bertz CT molecular complexity index is 528. The van der Waals surface area contributed by atoms with E-state index in [1.807, 2.05) is 6.92 Å². The van der Waals surface area contributed by atoms with Crippen LogP contribution in [0.1, 0.15) is 31.9 Å². The van der Waals surface area contributed by atoms with Gasteiger partial charge in [-0.05, 0) is 24.0 Å². The zero-order valence-corrected chi connectivity index (χ0v) is 11.9. The van der Waals surface area contributed by atoms with Gasteiger partial charge in [-0.3, -0.25) is 0 Å². The topological polar surface area (TPSA) is 0 Å². The fourth-order valence-corrected chi connectivity index (χ4v) is 2.72. The molecule has 0 spiro atoms. The quantitative estimate of drug-likeness (QED) is 0.693. The van der Waals surface area contributed by atoms with Crippen molar-refractivity contribution in [2.24, 2.45) is 5.92 Å². The van der Waals surface area contributed by atoms with E-state index in [9.17, 15) is 0 Å². The highest BCUT2D eigenvalue weighted by molar-refractivity contribution is 5.48. The molecule has 0 saturated heterocycles. The lowest BCUT2D eigenvalue weighted by Gasteiger charge is -2.34. The van der Waals surface area contributed by atoms with Gasteiger partial charge < -0.3 is 0 Å². The average Bonchev–Trinajstić information content (AvgIpc) is 2.46. The summed E-state index contributed by atoms with van der Waals surface area (Å²) in [7, 11) is 0. The standard InChI is InChI=1S/C19H20/c1-4-15-19(16(2)3,17-11-7-5-8-12-17)18-13-9-6-10-14-18/h5-14,16H,1-3H3. The Morgan fingerprint density at radius 2 is 1.21 bits per heavy atom. The first-order valence-corrected chi connectivity index (χ1v) is 6.76. The minimum atomic E-state index is -0.225. The van der Waals surface area contributed by atoms with E-state index >= 15 is 0 Å². The number of benzene rings is 2. The van der Waals surface area contributed by atoms with Crippen LogP contribution >= 0.6 is 0 Å². The normalized spacial score (nSPS) is 10.9. The first kappa shape index (κ1) is 13.4. The highest BCUT2D eigenvalue weighted by atomic mass is 14.4. The summed E-state index contributed by atoms with van der Waals surface area (Å²) in [6.07, 6.45) is 0. The molecule has 0 nitrogen and oxygen atoms in total. The highest BCUT2D eigenvalue weighted by Crippen LogP contribution is 2.38. The molecule has 0 unspecified atom stereocenters. The summed E-state index contributed by atoms with van der Waals surface area (Å²) in [5, 5.41) is 0. The Morgan fingerprint density at radius 3 is 1.53 bits per heavy atom. The largest absolute Gasteiger partial charge is 0.105 e. The molecule has 2 aromatic carbocycles. The number of hydrogen-bond donors (Lipinski definition) is 0. The molecule has 0 saturated carbocycles. The SMILES string of the molecule is CC#CC(c1ccccc1)(c1ccccc1)C(C)C. The summed E-state index contributed by atoms with van der Waals surface area (Å²) in [5.74, 6) is 7.02. The molecule has 2 rings (SSSR count). The van der Waals surface area contributed by atoms with Crippen LogP contribution in [-0.4, -0.2) is 0 Å². The van der Waals surface area contributed by atoms with E-state index in [-0.39, 0.29) is 5.41 Å². The third-order valence-electron chi connectivity index (χ3n) is 3.65. The highest BCUT2D eigenvalue weighted by Gasteiger charge is 2.35. The molecule has 0 atom stereocenters. The van der Waals surface area contributed by atoms with E-state index in [0.29, 0.717) is 5.92 Å². The first-order chi connectivity index (χ1) is 9.21. The van der Waals surface area contributed by atoms with E-state index in [1.165, 1.54) is 11.1 Å². The first-order valence-electron chi connectivity index (χ1n) is 6.76. The summed E-state index contributed by atoms with van der Waals surface area (Å²) in [6.45, 7) is 6.40. The molecule has 96 valence electrons. The van der Waals surface area contributed by atoms with Crippen LogP contribution < -0.4 is 0 Å². The molecular formula is C19H20. The predicted octanol–water partition coefficient (Wildman–Crippen LogP) is 4.65. The smallest absolute Gasteiger partial charge is 0.0834 e. The van der Waals surface area contributed by atoms with E-state index < -0.39 is 0 Å². The number of hydrogen-bond acceptors (Lipinski definition) is 0. The molecule has 0 N–H and O–H groups in total. The summed E-state index contributed by atoms with van der Waals surface area (Å²) in [4.78, 5) is 0. The molecule has 0 bridgehead atoms. The van der Waals surface area contributed by atoms with Crippen molar-refractivity contribution >= 4 is 0 Å². The molecule has 0 heteroatoms. The van der Waals surface area contributed by atoms with Gasteiger partial charge in [0.25, 0.3) is 0 Å². The van der Waals surface area contributed by atoms with Crippen molar-refractivity contribution in [3.63, 3.8) is 0 Å². The summed E-state index contributed by atoms with van der Waals surface area (Å²) < 4.78 is 0. The molecule has 19 heavy (non-hydrogen) atoms. The van der Waals surface area contributed by atoms with Crippen molar-refractivity contribution in [1.29, 1.82) is 0 Å². The van der Waals surface area contributed by atoms with Gasteiger partial charge in [-0.2, -0.15) is 0 Å². The molecule has 0 aliphatic heterocycles. The third kappa shape index (κ3) is 2.42. The van der Waals surface area contributed by atoms with Gasteiger partial charge in [0.1, 0.15) is 0 Å². The Kier molecular flexibility index (Phi) is 4.07. The fraction of sp³-hybridized carbons (Fsp3) is 0.263. The van der Waals surface area contributed by atoms with Crippen LogP contribution in [0.25, 0.3) is 0 Å². The lowest BCUT2D eigenvalue weighted by molar-refractivity contribution is 0.468. The second-order valence-corrected chi connectivity index (χ2v) is 5.07. The molecule has 0 radical (unpaired) electrons. The molecule has 0 aromatic heterocycles. The molecule has 0 amide bonds. The lowest BCUT2D eigenvalue weighted by Crippen LogP contribution is -2.32. The lowest BCUT2D eigenvalue weighted by atomic mass is 9.67. The Balaban J connectivity index is 2.71. The van der Waals surface area contributed by atoms with Gasteiger partial charge in [-0.15, -0.1) is 5.92 Å². The third-order valence-corrected chi connectivity index (χ3v) is 3.65. The molecule has 0 heterocycles. The second-order valence-electron chi connectivity index (χ2n) is 5.07. The van der Waals surface area contributed by atoms with Crippen molar-refractivity contribution < 1.29 is 0 Å². The Labute approximate surface area is 116 Å². The van der Waals surface area contributed by atoms with Crippen LogP contribution in [0.5, 0.6) is 0 Å². The average molecular weight is 248 g/mol. The Hall–Kier alpha value is -2.00. The molecule has 2 aromatic rings. The van der Waals surface area contributed by atoms with E-state index in [2.05, 4.69) is 86.4 Å². The van der Waals surface area contributed by atoms with Crippen molar-refractivity contribution in [3.8, 4) is 11.8 Å². The minimum absolute atomic E-state index is 0.225. The molecule has 0 aliphatic carbocycles. The molecule has 0 aliphatic rings. The van der Waals surface area contributed by atoms with Crippen molar-refractivity contribution in [3.05, 3.63) is 71.8 Å². The van der Waals surface area contributed by atoms with Crippen LogP contribution in [0, 0.1) is 17.8 Å². The molecule has 0 fully saturated rings. The van der Waals surface area contributed by atoms with Crippen molar-refractivity contribution in [2.75, 3.05) is 0 Å². The van der Waals surface area contributed by atoms with Gasteiger partial charge in [-0.1, -0.05) is 80.4 Å². The maximum Gasteiger partial charge on any atom is 0.0834 e. The van der Waals surface area contributed by atoms with Crippen LogP contribution in [0.4, 0.5) is 0 Å². The van der Waals surface area contributed by atoms with Crippen molar-refractivity contribution in [1.82, 2.24) is 0 Å². The summed E-state index contributed by atoms with van der Waals surface area (Å²) >= 11 is 0. The van der Waals surface area contributed by atoms with Crippen LogP contribution in [0.15, 0.2) is 60.7 Å². The van der Waals surface area contributed by atoms with Crippen molar-refractivity contribution in [2.45, 2.75) is 26.2 Å². The maximum absolute atomic E-state index is 3.48. The van der Waals surface area contributed by atoms with Gasteiger partial charge >= 0.3 is 0 Å². The van der Waals surface area contributed by atoms with E-state index in [0.717, 1.165) is 0 Å². The second kappa shape index (κ2) is 5.76. The zero-order chi connectivity index (χ0) is 13.7. The predicted molar refractivity (Wildman–Crippen MR) is 82.0 cm³/mol. The van der Waals surface area contributed by atoms with E-state index in [4.69, 9.17) is 0 Å². The van der Waals surface area contributed by atoms with Gasteiger partial charge in [0.15, 0.2) is 0 Å². The van der Waals surface area contributed by atoms with Gasteiger partial charge in [-0.25, -0.2) is 0 Å². The minimum Gasteiger partial charge on any atom is -0.105 e. The van der Waals surface area contributed by atoms with Gasteiger partial charge in [0, 0.05) is 0 Å². The summed E-state index contributed by atoms with van der Waals surface area (Å²) in [6, 6.07) is 21.2. The van der Waals surface area contributed by atoms with E-state index in [1.54, 1.807) is 0 Å². The molecular weight excluding hydrogens is 228 g/mol. The van der Waals surface area contributed by atoms with Gasteiger partial charge in [0.2, 0.25) is 0 Å². The van der Waals surface area contributed by atoms with Crippen LogP contribution in [0.2, 0.25) is 0 Å². The fourth-order valence-electron chi connectivity index (χ4n) is 2.72. The number of rotatable bonds is 3. The monoisotopic (exact) mass is 248 g/mol. The maximum atomic E-state index is 3.48. The van der Waals surface area contributed by atoms with Crippen LogP contribution in [0.3, 0.4) is 0 Å². The zero-order valence-electron chi connectivity index (χ0n) is 11.9.